The number of para-hydroxylation sites is 1. The Hall–Kier alpha value is -2.10. The average Bonchev–Trinajstić information content (AvgIpc) is 2.27. The van der Waals surface area contributed by atoms with E-state index in [9.17, 15) is 9.59 Å². The van der Waals surface area contributed by atoms with E-state index in [4.69, 9.17) is 4.74 Å². The monoisotopic (exact) mass is 219 g/mol. The molecule has 0 aliphatic heterocycles. The van der Waals surface area contributed by atoms with E-state index in [1.165, 1.54) is 11.0 Å². The van der Waals surface area contributed by atoms with Crippen LogP contribution in [0.2, 0.25) is 0 Å². The van der Waals surface area contributed by atoms with E-state index in [0.717, 1.165) is 6.08 Å². The van der Waals surface area contributed by atoms with Crippen molar-refractivity contribution in [3.63, 3.8) is 0 Å². The number of benzene rings is 1. The van der Waals surface area contributed by atoms with Crippen LogP contribution in [0.25, 0.3) is 0 Å². The highest BCUT2D eigenvalue weighted by Gasteiger charge is 2.02. The zero-order valence-corrected chi connectivity index (χ0v) is 9.21. The number of likely N-dealkylation sites (N-methyl/N-ethyl adjacent to an activating group) is 1. The van der Waals surface area contributed by atoms with Gasteiger partial charge in [0.2, 0.25) is 5.91 Å². The summed E-state index contributed by atoms with van der Waals surface area (Å²) < 4.78 is 4.95. The first-order valence-electron chi connectivity index (χ1n) is 4.76. The Labute approximate surface area is 94.1 Å². The smallest absolute Gasteiger partial charge is 0.336 e. The second kappa shape index (κ2) is 5.70. The highest BCUT2D eigenvalue weighted by Crippen LogP contribution is 2.08. The molecule has 0 spiro atoms. The van der Waals surface area contributed by atoms with Gasteiger partial charge in [-0.05, 0) is 12.1 Å². The molecule has 4 heteroatoms. The molecule has 0 atom stereocenters. The van der Waals surface area contributed by atoms with Crippen LogP contribution >= 0.6 is 0 Å². The number of carbonyl (C=O) groups is 2. The lowest BCUT2D eigenvalue weighted by molar-refractivity contribution is -0.129. The quantitative estimate of drug-likeness (QED) is 0.436. The molecule has 0 saturated heterocycles. The Balaban J connectivity index is 2.52. The zero-order chi connectivity index (χ0) is 12.0. The third kappa shape index (κ3) is 3.96. The van der Waals surface area contributed by atoms with Gasteiger partial charge < -0.3 is 9.64 Å². The lowest BCUT2D eigenvalue weighted by atomic mass is 10.3. The van der Waals surface area contributed by atoms with Crippen LogP contribution in [0.4, 0.5) is 0 Å². The molecule has 0 aliphatic rings. The van der Waals surface area contributed by atoms with Crippen molar-refractivity contribution in [2.75, 3.05) is 14.1 Å². The number of carbonyl (C=O) groups excluding carboxylic acids is 2. The Bertz CT molecular complexity index is 396. The minimum Gasteiger partial charge on any atom is -0.423 e. The molecule has 0 heterocycles. The summed E-state index contributed by atoms with van der Waals surface area (Å²) in [6, 6.07) is 8.68. The molecule has 0 bridgehead atoms. The molecule has 0 saturated carbocycles. The first-order chi connectivity index (χ1) is 7.59. The number of ether oxygens (including phenoxy) is 1. The molecule has 1 aromatic carbocycles. The maximum atomic E-state index is 11.3. The molecular formula is C12H13NO3. The van der Waals surface area contributed by atoms with Gasteiger partial charge in [-0.15, -0.1) is 0 Å². The molecule has 0 fully saturated rings. The second-order valence-corrected chi connectivity index (χ2v) is 3.30. The van der Waals surface area contributed by atoms with Crippen LogP contribution in [0.15, 0.2) is 42.5 Å². The molecule has 0 aromatic heterocycles. The summed E-state index contributed by atoms with van der Waals surface area (Å²) in [5, 5.41) is 0. The highest BCUT2D eigenvalue weighted by atomic mass is 16.5. The lowest BCUT2D eigenvalue weighted by Crippen LogP contribution is -2.19. The Kier molecular flexibility index (Phi) is 4.27. The van der Waals surface area contributed by atoms with Crippen molar-refractivity contribution in [2.45, 2.75) is 0 Å². The molecule has 0 N–H and O–H groups in total. The fourth-order valence-electron chi connectivity index (χ4n) is 0.927. The van der Waals surface area contributed by atoms with Crippen LogP contribution < -0.4 is 4.74 Å². The molecular weight excluding hydrogens is 206 g/mol. The summed E-state index contributed by atoms with van der Waals surface area (Å²) in [5.41, 5.74) is 0. The van der Waals surface area contributed by atoms with Crippen molar-refractivity contribution >= 4 is 11.9 Å². The predicted octanol–water partition coefficient (Wildman–Crippen LogP) is 1.24. The van der Waals surface area contributed by atoms with Crippen LogP contribution in [0.5, 0.6) is 5.75 Å². The summed E-state index contributed by atoms with van der Waals surface area (Å²) in [6.45, 7) is 0. The second-order valence-electron chi connectivity index (χ2n) is 3.30. The molecule has 0 aliphatic carbocycles. The fourth-order valence-corrected chi connectivity index (χ4v) is 0.927. The number of rotatable bonds is 3. The summed E-state index contributed by atoms with van der Waals surface area (Å²) >= 11 is 0. The van der Waals surface area contributed by atoms with Crippen molar-refractivity contribution in [3.8, 4) is 5.75 Å². The molecule has 1 rings (SSSR count). The average molecular weight is 219 g/mol. The first-order valence-corrected chi connectivity index (χ1v) is 4.76. The van der Waals surface area contributed by atoms with E-state index in [1.807, 2.05) is 6.07 Å². The summed E-state index contributed by atoms with van der Waals surface area (Å²) in [7, 11) is 3.21. The van der Waals surface area contributed by atoms with Gasteiger partial charge in [0.25, 0.3) is 0 Å². The Morgan fingerprint density at radius 1 is 1.12 bits per heavy atom. The van der Waals surface area contributed by atoms with Crippen molar-refractivity contribution < 1.29 is 14.3 Å². The van der Waals surface area contributed by atoms with Crippen molar-refractivity contribution in [2.24, 2.45) is 0 Å². The minimum atomic E-state index is -0.568. The SMILES string of the molecule is CN(C)C(=O)/C=C\C(=O)Oc1ccccc1. The highest BCUT2D eigenvalue weighted by molar-refractivity contribution is 5.94. The van der Waals surface area contributed by atoms with Crippen molar-refractivity contribution in [1.29, 1.82) is 0 Å². The molecule has 1 aromatic rings. The number of hydrogen-bond donors (Lipinski definition) is 0. The van der Waals surface area contributed by atoms with Crippen LogP contribution in [0.1, 0.15) is 0 Å². The summed E-state index contributed by atoms with van der Waals surface area (Å²) in [6.07, 6.45) is 2.28. The van der Waals surface area contributed by atoms with Gasteiger partial charge in [0.05, 0.1) is 0 Å². The van der Waals surface area contributed by atoms with Gasteiger partial charge in [-0.3, -0.25) is 4.79 Å². The van der Waals surface area contributed by atoms with Gasteiger partial charge in [0, 0.05) is 26.2 Å². The predicted molar refractivity (Wildman–Crippen MR) is 59.9 cm³/mol. The Morgan fingerprint density at radius 3 is 2.31 bits per heavy atom. The van der Waals surface area contributed by atoms with E-state index >= 15 is 0 Å². The van der Waals surface area contributed by atoms with E-state index in [1.54, 1.807) is 38.4 Å². The van der Waals surface area contributed by atoms with Crippen LogP contribution in [0, 0.1) is 0 Å². The van der Waals surface area contributed by atoms with Crippen molar-refractivity contribution in [1.82, 2.24) is 4.90 Å². The molecule has 0 radical (unpaired) electrons. The van der Waals surface area contributed by atoms with Crippen LogP contribution in [-0.4, -0.2) is 30.9 Å². The maximum Gasteiger partial charge on any atom is 0.336 e. The fraction of sp³-hybridized carbons (Fsp3) is 0.167. The van der Waals surface area contributed by atoms with Crippen LogP contribution in [-0.2, 0) is 9.59 Å². The third-order valence-electron chi connectivity index (χ3n) is 1.76. The molecule has 84 valence electrons. The van der Waals surface area contributed by atoms with E-state index < -0.39 is 5.97 Å². The molecule has 1 amide bonds. The topological polar surface area (TPSA) is 46.6 Å². The largest absolute Gasteiger partial charge is 0.423 e. The number of nitrogens with zero attached hydrogens (tertiary/aromatic N) is 1. The first kappa shape index (κ1) is 12.0. The van der Waals surface area contributed by atoms with Gasteiger partial charge in [-0.25, -0.2) is 4.79 Å². The van der Waals surface area contributed by atoms with Gasteiger partial charge in [0.1, 0.15) is 5.75 Å². The normalized spacial score (nSPS) is 10.1. The summed E-state index contributed by atoms with van der Waals surface area (Å²) in [4.78, 5) is 23.8. The minimum absolute atomic E-state index is 0.259. The van der Waals surface area contributed by atoms with Crippen molar-refractivity contribution in [3.05, 3.63) is 42.5 Å². The van der Waals surface area contributed by atoms with Crippen LogP contribution in [0.3, 0.4) is 0 Å². The number of esters is 1. The summed E-state index contributed by atoms with van der Waals surface area (Å²) in [5.74, 6) is -0.374. The van der Waals surface area contributed by atoms with E-state index in [-0.39, 0.29) is 5.91 Å². The van der Waals surface area contributed by atoms with Gasteiger partial charge >= 0.3 is 5.97 Å². The van der Waals surface area contributed by atoms with Gasteiger partial charge in [-0.1, -0.05) is 18.2 Å². The molecule has 4 nitrogen and oxygen atoms in total. The molecule has 16 heavy (non-hydrogen) atoms. The lowest BCUT2D eigenvalue weighted by Gasteiger charge is -2.05. The van der Waals surface area contributed by atoms with E-state index in [2.05, 4.69) is 0 Å². The standard InChI is InChI=1S/C12H13NO3/c1-13(2)11(14)8-9-12(15)16-10-6-4-3-5-7-10/h3-9H,1-2H3/b9-8-. The zero-order valence-electron chi connectivity index (χ0n) is 9.21. The van der Waals surface area contributed by atoms with E-state index in [0.29, 0.717) is 5.75 Å². The van der Waals surface area contributed by atoms with Gasteiger partial charge in [0.15, 0.2) is 0 Å². The number of amides is 1. The third-order valence-corrected chi connectivity index (χ3v) is 1.76. The maximum absolute atomic E-state index is 11.3. The molecule has 0 unspecified atom stereocenters. The number of hydrogen-bond acceptors (Lipinski definition) is 3. The van der Waals surface area contributed by atoms with Gasteiger partial charge in [-0.2, -0.15) is 0 Å². The Morgan fingerprint density at radius 2 is 1.75 bits per heavy atom.